The van der Waals surface area contributed by atoms with Crippen LogP contribution in [-0.2, 0) is 27.4 Å². The lowest BCUT2D eigenvalue weighted by Gasteiger charge is -2.42. The molecule has 1 saturated heterocycles. The van der Waals surface area contributed by atoms with Crippen LogP contribution in [0.4, 0.5) is 26.3 Å². The van der Waals surface area contributed by atoms with Gasteiger partial charge in [-0.1, -0.05) is 37.3 Å². The van der Waals surface area contributed by atoms with Crippen molar-refractivity contribution in [1.82, 2.24) is 10.6 Å². The molecule has 2 aromatic rings. The lowest BCUT2D eigenvalue weighted by Crippen LogP contribution is -2.57. The van der Waals surface area contributed by atoms with Crippen molar-refractivity contribution >= 4 is 5.91 Å². The summed E-state index contributed by atoms with van der Waals surface area (Å²) in [5, 5.41) is 6.34. The van der Waals surface area contributed by atoms with Crippen LogP contribution in [-0.4, -0.2) is 25.1 Å². The molecule has 0 spiro atoms. The van der Waals surface area contributed by atoms with Crippen molar-refractivity contribution in [2.75, 3.05) is 13.2 Å². The van der Waals surface area contributed by atoms with Crippen LogP contribution in [0, 0.1) is 0 Å². The van der Waals surface area contributed by atoms with Crippen molar-refractivity contribution in [2.24, 2.45) is 0 Å². The van der Waals surface area contributed by atoms with E-state index in [4.69, 9.17) is 4.74 Å². The van der Waals surface area contributed by atoms with Gasteiger partial charge in [0.25, 0.3) is 0 Å². The number of halogens is 6. The Balaban J connectivity index is 1.83. The lowest BCUT2D eigenvalue weighted by molar-refractivity contribution is -0.143. The third-order valence-corrected chi connectivity index (χ3v) is 6.28. The van der Waals surface area contributed by atoms with Crippen molar-refractivity contribution in [1.29, 1.82) is 0 Å². The number of ether oxygens (including phenoxy) is 1. The van der Waals surface area contributed by atoms with Crippen molar-refractivity contribution in [3.05, 3.63) is 70.8 Å². The number of amides is 1. The highest BCUT2D eigenvalue weighted by atomic mass is 19.4. The lowest BCUT2D eigenvalue weighted by atomic mass is 9.81. The van der Waals surface area contributed by atoms with Crippen LogP contribution in [0.25, 0.3) is 0 Å². The molecule has 3 atom stereocenters. The minimum Gasteiger partial charge on any atom is -0.372 e. The van der Waals surface area contributed by atoms with Gasteiger partial charge in [0.1, 0.15) is 0 Å². The van der Waals surface area contributed by atoms with E-state index in [1.54, 1.807) is 6.92 Å². The largest absolute Gasteiger partial charge is 0.416 e. The molecule has 1 amide bonds. The Hall–Kier alpha value is -2.59. The highest BCUT2D eigenvalue weighted by Gasteiger charge is 2.39. The van der Waals surface area contributed by atoms with E-state index in [0.717, 1.165) is 5.56 Å². The Labute approximate surface area is 200 Å². The summed E-state index contributed by atoms with van der Waals surface area (Å²) in [5.41, 5.74) is -2.79. The molecule has 1 heterocycles. The highest BCUT2D eigenvalue weighted by Crippen LogP contribution is 2.39. The standard InChI is InChI=1S/C25H28F6N2O2/c1-3-22(34)33-21-9-10-23(32-14-21,18-7-5-4-6-8-18)15-35-16(2)17-11-19(24(26,27)28)13-20(12-17)25(29,30)31/h4-8,11-13,16,21,32H,3,9-10,14-15H2,1-2H3,(H,33,34)/t16-,21?,23?/m1/s1. The Kier molecular flexibility index (Phi) is 8.16. The minimum absolute atomic E-state index is 0.0181. The van der Waals surface area contributed by atoms with Crippen LogP contribution >= 0.6 is 0 Å². The molecule has 2 unspecified atom stereocenters. The molecule has 1 aliphatic rings. The van der Waals surface area contributed by atoms with E-state index < -0.39 is 35.1 Å². The molecule has 10 heteroatoms. The van der Waals surface area contributed by atoms with Crippen molar-refractivity contribution < 1.29 is 35.9 Å². The molecule has 0 aromatic heterocycles. The maximum absolute atomic E-state index is 13.3. The van der Waals surface area contributed by atoms with Crippen LogP contribution in [0.2, 0.25) is 0 Å². The Morgan fingerprint density at radius 2 is 1.69 bits per heavy atom. The number of nitrogens with one attached hydrogen (secondary N) is 2. The van der Waals surface area contributed by atoms with E-state index >= 15 is 0 Å². The predicted octanol–water partition coefficient (Wildman–Crippen LogP) is 5.98. The van der Waals surface area contributed by atoms with Gasteiger partial charge in [-0.05, 0) is 49.1 Å². The van der Waals surface area contributed by atoms with Gasteiger partial charge in [-0.25, -0.2) is 0 Å². The normalized spacial score (nSPS) is 22.0. The fraction of sp³-hybridized carbons (Fsp3) is 0.480. The zero-order chi connectivity index (χ0) is 25.9. The highest BCUT2D eigenvalue weighted by molar-refractivity contribution is 5.75. The SMILES string of the molecule is CCC(=O)NC1CCC(CO[C@H](C)c2cc(C(F)(F)F)cc(C(F)(F)F)c2)(c2ccccc2)NC1. The molecular formula is C25H28F6N2O2. The van der Waals surface area contributed by atoms with Gasteiger partial charge in [0.05, 0.1) is 29.4 Å². The fourth-order valence-corrected chi connectivity index (χ4v) is 4.17. The summed E-state index contributed by atoms with van der Waals surface area (Å²) in [6.45, 7) is 3.65. The molecule has 0 radical (unpaired) electrons. The second-order valence-corrected chi connectivity index (χ2v) is 8.78. The second-order valence-electron chi connectivity index (χ2n) is 8.78. The summed E-state index contributed by atoms with van der Waals surface area (Å²) < 4.78 is 85.5. The topological polar surface area (TPSA) is 50.4 Å². The molecule has 2 aromatic carbocycles. The molecule has 3 rings (SSSR count). The predicted molar refractivity (Wildman–Crippen MR) is 118 cm³/mol. The summed E-state index contributed by atoms with van der Waals surface area (Å²) in [6.07, 6.45) is -9.34. The summed E-state index contributed by atoms with van der Waals surface area (Å²) >= 11 is 0. The molecule has 1 aliphatic heterocycles. The van der Waals surface area contributed by atoms with E-state index in [0.29, 0.717) is 37.9 Å². The van der Waals surface area contributed by atoms with E-state index in [1.165, 1.54) is 6.92 Å². The number of benzene rings is 2. The first-order chi connectivity index (χ1) is 16.3. The molecule has 0 aliphatic carbocycles. The summed E-state index contributed by atoms with van der Waals surface area (Å²) in [4.78, 5) is 11.8. The van der Waals surface area contributed by atoms with Crippen molar-refractivity contribution in [3.63, 3.8) is 0 Å². The number of piperidine rings is 1. The Bertz CT molecular complexity index is 967. The van der Waals surface area contributed by atoms with Gasteiger partial charge >= 0.3 is 12.4 Å². The molecule has 4 nitrogen and oxygen atoms in total. The summed E-state index contributed by atoms with van der Waals surface area (Å²) in [7, 11) is 0. The van der Waals surface area contributed by atoms with Gasteiger partial charge in [0, 0.05) is 19.0 Å². The first-order valence-electron chi connectivity index (χ1n) is 11.3. The molecule has 0 saturated carbocycles. The van der Waals surface area contributed by atoms with E-state index in [2.05, 4.69) is 10.6 Å². The van der Waals surface area contributed by atoms with Crippen LogP contribution in [0.5, 0.6) is 0 Å². The van der Waals surface area contributed by atoms with Gasteiger partial charge < -0.3 is 15.4 Å². The third-order valence-electron chi connectivity index (χ3n) is 6.28. The molecular weight excluding hydrogens is 474 g/mol. The van der Waals surface area contributed by atoms with E-state index in [-0.39, 0.29) is 30.2 Å². The van der Waals surface area contributed by atoms with Gasteiger partial charge in [-0.15, -0.1) is 0 Å². The molecule has 35 heavy (non-hydrogen) atoms. The number of rotatable bonds is 7. The Morgan fingerprint density at radius 3 is 2.17 bits per heavy atom. The van der Waals surface area contributed by atoms with Gasteiger partial charge in [-0.2, -0.15) is 26.3 Å². The zero-order valence-electron chi connectivity index (χ0n) is 19.4. The molecule has 2 N–H and O–H groups in total. The van der Waals surface area contributed by atoms with Gasteiger partial charge in [-0.3, -0.25) is 4.79 Å². The minimum atomic E-state index is -4.93. The van der Waals surface area contributed by atoms with Crippen LogP contribution in [0.3, 0.4) is 0 Å². The zero-order valence-corrected chi connectivity index (χ0v) is 19.4. The second kappa shape index (κ2) is 10.6. The maximum atomic E-state index is 13.3. The number of alkyl halides is 6. The number of carbonyl (C=O) groups excluding carboxylic acids is 1. The summed E-state index contributed by atoms with van der Waals surface area (Å²) in [5.74, 6) is -0.0705. The third kappa shape index (κ3) is 6.76. The quantitative estimate of drug-likeness (QED) is 0.459. The van der Waals surface area contributed by atoms with Crippen LogP contribution in [0.1, 0.15) is 61.5 Å². The Morgan fingerprint density at radius 1 is 1.09 bits per heavy atom. The van der Waals surface area contributed by atoms with Gasteiger partial charge in [0.15, 0.2) is 0 Å². The summed E-state index contributed by atoms with van der Waals surface area (Å²) in [6, 6.07) is 10.7. The number of hydrogen-bond donors (Lipinski definition) is 2. The average molecular weight is 502 g/mol. The first kappa shape index (κ1) is 27.0. The monoisotopic (exact) mass is 502 g/mol. The molecule has 0 bridgehead atoms. The number of hydrogen-bond acceptors (Lipinski definition) is 3. The van der Waals surface area contributed by atoms with E-state index in [9.17, 15) is 31.1 Å². The van der Waals surface area contributed by atoms with Crippen molar-refractivity contribution in [2.45, 2.75) is 63.1 Å². The van der Waals surface area contributed by atoms with Crippen LogP contribution in [0.15, 0.2) is 48.5 Å². The smallest absolute Gasteiger partial charge is 0.372 e. The maximum Gasteiger partial charge on any atom is 0.416 e. The molecule has 192 valence electrons. The van der Waals surface area contributed by atoms with Gasteiger partial charge in [0.2, 0.25) is 5.91 Å². The van der Waals surface area contributed by atoms with Crippen LogP contribution < -0.4 is 10.6 Å². The first-order valence-corrected chi connectivity index (χ1v) is 11.3. The van der Waals surface area contributed by atoms with Crippen molar-refractivity contribution in [3.8, 4) is 0 Å². The van der Waals surface area contributed by atoms with E-state index in [1.807, 2.05) is 30.3 Å². The average Bonchev–Trinajstić information content (AvgIpc) is 2.82. The molecule has 1 fully saturated rings. The fourth-order valence-electron chi connectivity index (χ4n) is 4.17. The number of carbonyl (C=O) groups is 1.